The van der Waals surface area contributed by atoms with Crippen LogP contribution in [0.4, 0.5) is 11.4 Å². The molecule has 10 heteroatoms. The Morgan fingerprint density at radius 2 is 1.86 bits per heavy atom. The van der Waals surface area contributed by atoms with Gasteiger partial charge >= 0.3 is 0 Å². The molecule has 2 fully saturated rings. The van der Waals surface area contributed by atoms with Gasteiger partial charge in [0.1, 0.15) is 5.69 Å². The van der Waals surface area contributed by atoms with E-state index in [4.69, 9.17) is 5.73 Å². The summed E-state index contributed by atoms with van der Waals surface area (Å²) in [5.41, 5.74) is 5.46. The molecule has 1 amide bonds. The van der Waals surface area contributed by atoms with E-state index in [1.165, 1.54) is 16.4 Å². The number of primary amides is 1. The van der Waals surface area contributed by atoms with E-state index >= 15 is 0 Å². The summed E-state index contributed by atoms with van der Waals surface area (Å²) >= 11 is 0. The van der Waals surface area contributed by atoms with Crippen LogP contribution in [-0.2, 0) is 14.8 Å². The first kappa shape index (κ1) is 21.5. The molecule has 29 heavy (non-hydrogen) atoms. The zero-order valence-electron chi connectivity index (χ0n) is 16.8. The first-order valence-electron chi connectivity index (χ1n) is 9.92. The Bertz CT molecular complexity index is 894. The molecule has 3 rings (SSSR count). The number of sulfonamides is 1. The lowest BCUT2D eigenvalue weighted by atomic mass is 9.94. The van der Waals surface area contributed by atoms with Crippen LogP contribution in [0.15, 0.2) is 23.1 Å². The van der Waals surface area contributed by atoms with Gasteiger partial charge in [0.05, 0.1) is 15.7 Å². The Labute approximate surface area is 171 Å². The topological polar surface area (TPSA) is 127 Å². The number of nitro groups is 1. The van der Waals surface area contributed by atoms with Crippen LogP contribution < -0.4 is 10.6 Å². The van der Waals surface area contributed by atoms with Crippen molar-refractivity contribution in [2.24, 2.45) is 23.5 Å². The second-order valence-electron chi connectivity index (χ2n) is 8.36. The first-order valence-corrected chi connectivity index (χ1v) is 11.4. The number of carbonyl (C=O) groups is 1. The van der Waals surface area contributed by atoms with Gasteiger partial charge in [-0.2, -0.15) is 4.31 Å². The van der Waals surface area contributed by atoms with Gasteiger partial charge < -0.3 is 10.6 Å². The smallest absolute Gasteiger partial charge is 0.293 e. The molecule has 2 aliphatic rings. The number of hydrogen-bond acceptors (Lipinski definition) is 6. The van der Waals surface area contributed by atoms with Gasteiger partial charge in [0.25, 0.3) is 5.69 Å². The van der Waals surface area contributed by atoms with E-state index in [1.807, 2.05) is 13.8 Å². The van der Waals surface area contributed by atoms with E-state index in [1.54, 1.807) is 4.90 Å². The summed E-state index contributed by atoms with van der Waals surface area (Å²) < 4.78 is 27.6. The van der Waals surface area contributed by atoms with Crippen molar-refractivity contribution in [3.8, 4) is 0 Å². The lowest BCUT2D eigenvalue weighted by molar-refractivity contribution is -0.384. The van der Waals surface area contributed by atoms with Gasteiger partial charge in [-0.25, -0.2) is 8.42 Å². The molecule has 0 bridgehead atoms. The number of nitro benzene ring substituents is 1. The fourth-order valence-corrected chi connectivity index (χ4v) is 6.16. The maximum Gasteiger partial charge on any atom is 0.293 e. The highest BCUT2D eigenvalue weighted by Gasteiger charge is 2.34. The van der Waals surface area contributed by atoms with Crippen LogP contribution >= 0.6 is 0 Å². The number of anilines is 1. The number of amides is 1. The lowest BCUT2D eigenvalue weighted by Crippen LogP contribution is -2.42. The van der Waals surface area contributed by atoms with E-state index in [0.717, 1.165) is 12.5 Å². The Hall–Kier alpha value is -2.20. The molecule has 9 nitrogen and oxygen atoms in total. The molecule has 160 valence electrons. The van der Waals surface area contributed by atoms with E-state index in [-0.39, 0.29) is 28.3 Å². The van der Waals surface area contributed by atoms with Crippen molar-refractivity contribution in [2.75, 3.05) is 31.1 Å². The molecular weight excluding hydrogens is 396 g/mol. The third kappa shape index (κ3) is 4.53. The molecule has 2 aliphatic heterocycles. The minimum atomic E-state index is -3.82. The van der Waals surface area contributed by atoms with E-state index in [2.05, 4.69) is 0 Å². The second kappa shape index (κ2) is 8.27. The SMILES string of the molecule is C[C@@H]1C[C@@H](C)CN(S(=O)(=O)c2ccc(N3CCC[C@H](C(N)=O)C3)c([N+](=O)[O-])c2)C1. The number of nitrogens with zero attached hydrogens (tertiary/aromatic N) is 3. The highest BCUT2D eigenvalue weighted by Crippen LogP contribution is 2.35. The maximum absolute atomic E-state index is 13.1. The van der Waals surface area contributed by atoms with Crippen LogP contribution in [0.3, 0.4) is 0 Å². The average molecular weight is 425 g/mol. The molecule has 1 aromatic carbocycles. The van der Waals surface area contributed by atoms with Crippen molar-refractivity contribution in [3.63, 3.8) is 0 Å². The van der Waals surface area contributed by atoms with Gasteiger partial charge in [-0.1, -0.05) is 13.8 Å². The fraction of sp³-hybridized carbons (Fsp3) is 0.632. The molecule has 0 radical (unpaired) electrons. The second-order valence-corrected chi connectivity index (χ2v) is 10.3. The minimum absolute atomic E-state index is 0.0716. The van der Waals surface area contributed by atoms with Crippen LogP contribution in [0.5, 0.6) is 0 Å². The molecule has 3 atom stereocenters. The molecule has 0 aromatic heterocycles. The van der Waals surface area contributed by atoms with Gasteiger partial charge in [0, 0.05) is 32.2 Å². The van der Waals surface area contributed by atoms with Gasteiger partial charge in [-0.05, 0) is 43.2 Å². The Morgan fingerprint density at radius 1 is 1.21 bits per heavy atom. The largest absolute Gasteiger partial charge is 0.369 e. The number of carbonyl (C=O) groups excluding carboxylic acids is 1. The number of rotatable bonds is 5. The van der Waals surface area contributed by atoms with Crippen molar-refractivity contribution in [3.05, 3.63) is 28.3 Å². The van der Waals surface area contributed by atoms with Crippen LogP contribution in [0, 0.1) is 27.9 Å². The van der Waals surface area contributed by atoms with Gasteiger partial charge in [0.2, 0.25) is 15.9 Å². The maximum atomic E-state index is 13.1. The molecule has 0 saturated carbocycles. The third-order valence-electron chi connectivity index (χ3n) is 5.78. The molecular formula is C19H28N4O5S. The van der Waals surface area contributed by atoms with Crippen molar-refractivity contribution in [1.29, 1.82) is 0 Å². The summed E-state index contributed by atoms with van der Waals surface area (Å²) in [4.78, 5) is 24.4. The fourth-order valence-electron chi connectivity index (χ4n) is 4.46. The highest BCUT2D eigenvalue weighted by molar-refractivity contribution is 7.89. The number of piperidine rings is 2. The Morgan fingerprint density at radius 3 is 2.45 bits per heavy atom. The normalized spacial score (nSPS) is 26.3. The summed E-state index contributed by atoms with van der Waals surface area (Å²) in [6, 6.07) is 4.04. The number of hydrogen-bond donors (Lipinski definition) is 1. The van der Waals surface area contributed by atoms with E-state index in [9.17, 15) is 23.3 Å². The van der Waals surface area contributed by atoms with Gasteiger partial charge in [-0.15, -0.1) is 0 Å². The molecule has 2 saturated heterocycles. The van der Waals surface area contributed by atoms with Crippen molar-refractivity contribution >= 4 is 27.3 Å². The molecule has 0 aliphatic carbocycles. The monoisotopic (exact) mass is 424 g/mol. The summed E-state index contributed by atoms with van der Waals surface area (Å²) in [5, 5.41) is 11.7. The number of nitrogens with two attached hydrogens (primary N) is 1. The summed E-state index contributed by atoms with van der Waals surface area (Å²) in [5.74, 6) is -0.322. The average Bonchev–Trinajstić information content (AvgIpc) is 2.66. The van der Waals surface area contributed by atoms with Crippen molar-refractivity contribution in [1.82, 2.24) is 4.31 Å². The molecule has 0 unspecified atom stereocenters. The van der Waals surface area contributed by atoms with E-state index < -0.39 is 20.9 Å². The van der Waals surface area contributed by atoms with Crippen LogP contribution in [0.2, 0.25) is 0 Å². The highest BCUT2D eigenvalue weighted by atomic mass is 32.2. The van der Waals surface area contributed by atoms with Crippen molar-refractivity contribution < 1.29 is 18.1 Å². The van der Waals surface area contributed by atoms with Crippen LogP contribution in [0.1, 0.15) is 33.1 Å². The predicted molar refractivity (Wildman–Crippen MR) is 109 cm³/mol. The summed E-state index contributed by atoms with van der Waals surface area (Å²) in [6.07, 6.45) is 2.30. The quantitative estimate of drug-likeness (QED) is 0.569. The van der Waals surface area contributed by atoms with Gasteiger partial charge in [-0.3, -0.25) is 14.9 Å². The molecule has 2 heterocycles. The molecule has 2 N–H and O–H groups in total. The van der Waals surface area contributed by atoms with Crippen LogP contribution in [0.25, 0.3) is 0 Å². The van der Waals surface area contributed by atoms with E-state index in [0.29, 0.717) is 44.7 Å². The van der Waals surface area contributed by atoms with Crippen molar-refractivity contribution in [2.45, 2.75) is 38.0 Å². The summed E-state index contributed by atoms with van der Waals surface area (Å²) in [6.45, 7) is 5.69. The van der Waals surface area contributed by atoms with Crippen LogP contribution in [-0.4, -0.2) is 49.7 Å². The molecule has 0 spiro atoms. The Balaban J connectivity index is 1.94. The zero-order chi connectivity index (χ0) is 21.3. The molecule has 1 aromatic rings. The third-order valence-corrected chi connectivity index (χ3v) is 7.61. The van der Waals surface area contributed by atoms with Gasteiger partial charge in [0.15, 0.2) is 0 Å². The standard InChI is InChI=1S/C19H28N4O5S/c1-13-8-14(2)11-22(10-13)29(27,28)16-5-6-17(18(9-16)23(25)26)21-7-3-4-15(12-21)19(20)24/h5-6,9,13-15H,3-4,7-8,10-12H2,1-2H3,(H2,20,24)/t13-,14-,15+/m1/s1. The lowest BCUT2D eigenvalue weighted by Gasteiger charge is -2.34. The zero-order valence-corrected chi connectivity index (χ0v) is 17.6. The predicted octanol–water partition coefficient (Wildman–Crippen LogP) is 1.96. The number of benzene rings is 1. The minimum Gasteiger partial charge on any atom is -0.369 e. The summed E-state index contributed by atoms with van der Waals surface area (Å²) in [7, 11) is -3.82. The Kier molecular flexibility index (Phi) is 6.13. The first-order chi connectivity index (χ1) is 13.6.